The molecular formula is C53H52IrN2O-2. The van der Waals surface area contributed by atoms with E-state index in [-0.39, 0.29) is 58.9 Å². The summed E-state index contributed by atoms with van der Waals surface area (Å²) < 4.78 is 119. The Morgan fingerprint density at radius 3 is 2.16 bits per heavy atom. The van der Waals surface area contributed by atoms with E-state index in [1.165, 1.54) is 18.3 Å². The molecule has 0 bridgehead atoms. The first-order chi connectivity index (χ1) is 32.3. The van der Waals surface area contributed by atoms with Crippen LogP contribution in [0.2, 0.25) is 0 Å². The van der Waals surface area contributed by atoms with E-state index in [0.717, 1.165) is 11.1 Å². The Balaban J connectivity index is 0.000000243. The molecular weight excluding hydrogens is 873 g/mol. The predicted molar refractivity (Wildman–Crippen MR) is 236 cm³/mol. The number of aryl methyl sites for hydroxylation is 4. The Bertz CT molecular complexity index is 3190. The standard InChI is InChI=1S/C30H28NO.C23H24N.Ir/c1-18-10-13-28-26(14-18)23-8-7-9-24(29(23)32-28)27-16-25(20(3)17-31-27)22-12-11-21(15-19(22)2)30(4,5)6;1-17-10-12-20(14-21(17)19-8-6-5-7-9-19)22-13-11-18(16-24-22)15-23(2,3)4;/h7-8,10-17H,1-6H3;5-11,13-14,16H,15H2,1-4H3;/q2*-1;/i1D3,2D3,3D3;1D3,15D2;. The molecule has 4 heteroatoms. The van der Waals surface area contributed by atoms with Crippen molar-refractivity contribution in [3.05, 3.63) is 167 Å². The van der Waals surface area contributed by atoms with E-state index in [4.69, 9.17) is 23.6 Å². The molecule has 0 N–H and O–H groups in total. The van der Waals surface area contributed by atoms with Gasteiger partial charge in [-0.3, -0.25) is 0 Å². The zero-order valence-corrected chi connectivity index (χ0v) is 35.1. The molecule has 5 aromatic carbocycles. The average Bonchev–Trinajstić information content (AvgIpc) is 3.65. The fourth-order valence-corrected chi connectivity index (χ4v) is 6.55. The molecule has 0 aliphatic carbocycles. The van der Waals surface area contributed by atoms with Crippen molar-refractivity contribution < 1.29 is 43.7 Å². The second kappa shape index (κ2) is 16.8. The third kappa shape index (κ3) is 9.36. The van der Waals surface area contributed by atoms with E-state index in [9.17, 15) is 0 Å². The van der Waals surface area contributed by atoms with E-state index < -0.39 is 39.2 Å². The second-order valence-electron chi connectivity index (χ2n) is 15.9. The molecule has 3 aromatic heterocycles. The van der Waals surface area contributed by atoms with Gasteiger partial charge in [0, 0.05) is 57.1 Å². The molecule has 0 fully saturated rings. The van der Waals surface area contributed by atoms with Crippen molar-refractivity contribution in [1.82, 2.24) is 9.97 Å². The SMILES string of the molecule is [2H]C([2H])([2H])c1c[c-]c(-c2ccc(C([2H])([2H])C(C)(C)C)cn2)cc1-c1ccccc1.[2H]C([2H])([2H])c1ccc2oc3c(-c4cc(-c5ccc(C(C)(C)C)cc5C([2H])([2H])[2H])c(C([2H])([2H])[2H])cn4)[c-]ccc3c2c1.[Ir]. The van der Waals surface area contributed by atoms with Crippen LogP contribution in [0.1, 0.15) is 94.1 Å². The molecule has 0 saturated carbocycles. The molecule has 291 valence electrons. The quantitative estimate of drug-likeness (QED) is 0.161. The maximum Gasteiger partial charge on any atom is 0.120 e. The van der Waals surface area contributed by atoms with E-state index in [2.05, 4.69) is 22.1 Å². The van der Waals surface area contributed by atoms with Crippen LogP contribution in [0, 0.1) is 45.0 Å². The van der Waals surface area contributed by atoms with Crippen LogP contribution in [0.5, 0.6) is 0 Å². The molecule has 3 nitrogen and oxygen atoms in total. The Morgan fingerprint density at radius 2 is 1.46 bits per heavy atom. The van der Waals surface area contributed by atoms with Gasteiger partial charge in [0.2, 0.25) is 0 Å². The van der Waals surface area contributed by atoms with Crippen molar-refractivity contribution in [3.63, 3.8) is 0 Å². The Hall–Kier alpha value is -5.15. The summed E-state index contributed by atoms with van der Waals surface area (Å²) in [7, 11) is 0. The van der Waals surface area contributed by atoms with Gasteiger partial charge < -0.3 is 14.4 Å². The van der Waals surface area contributed by atoms with Gasteiger partial charge in [-0.2, -0.15) is 0 Å². The van der Waals surface area contributed by atoms with Gasteiger partial charge in [0.05, 0.1) is 5.58 Å². The van der Waals surface area contributed by atoms with Crippen LogP contribution >= 0.6 is 0 Å². The van der Waals surface area contributed by atoms with E-state index in [0.29, 0.717) is 55.6 Å². The van der Waals surface area contributed by atoms with Crippen LogP contribution in [-0.2, 0) is 31.9 Å². The minimum Gasteiger partial charge on any atom is -0.501 e. The smallest absolute Gasteiger partial charge is 0.120 e. The number of nitrogens with zero attached hydrogens (tertiary/aromatic N) is 2. The number of benzene rings is 5. The van der Waals surface area contributed by atoms with Crippen LogP contribution in [0.4, 0.5) is 0 Å². The van der Waals surface area contributed by atoms with Crippen LogP contribution in [0.15, 0.2) is 126 Å². The number of hydrogen-bond acceptors (Lipinski definition) is 3. The molecule has 8 aromatic rings. The fraction of sp³-hybridized carbons (Fsp3) is 0.245. The van der Waals surface area contributed by atoms with Crippen molar-refractivity contribution in [2.45, 2.75) is 80.7 Å². The number of furan rings is 1. The van der Waals surface area contributed by atoms with Gasteiger partial charge in [-0.25, -0.2) is 0 Å². The molecule has 0 aliphatic heterocycles. The second-order valence-corrected chi connectivity index (χ2v) is 15.9. The van der Waals surface area contributed by atoms with Crippen molar-refractivity contribution >= 4 is 21.9 Å². The molecule has 1 radical (unpaired) electrons. The van der Waals surface area contributed by atoms with Gasteiger partial charge in [-0.15, -0.1) is 47.5 Å². The molecule has 0 saturated heterocycles. The molecule has 0 spiro atoms. The van der Waals surface area contributed by atoms with Crippen LogP contribution in [0.25, 0.3) is 66.7 Å². The minimum absolute atomic E-state index is 0. The van der Waals surface area contributed by atoms with Crippen molar-refractivity contribution in [2.75, 3.05) is 0 Å². The molecule has 3 heterocycles. The number of aromatic nitrogens is 2. The number of hydrogen-bond donors (Lipinski definition) is 0. The Labute approximate surface area is 372 Å². The Kier molecular flexibility index (Phi) is 7.85. The van der Waals surface area contributed by atoms with E-state index in [1.54, 1.807) is 66.9 Å². The zero-order valence-electron chi connectivity index (χ0n) is 46.7. The Morgan fingerprint density at radius 1 is 0.667 bits per heavy atom. The maximum absolute atomic E-state index is 8.39. The average molecular weight is 939 g/mol. The summed E-state index contributed by atoms with van der Waals surface area (Å²) in [5.41, 5.74) is 5.74. The first-order valence-electron chi connectivity index (χ1n) is 25.4. The predicted octanol–water partition coefficient (Wildman–Crippen LogP) is 14.4. The van der Waals surface area contributed by atoms with Gasteiger partial charge in [-0.05, 0) is 100 Å². The van der Waals surface area contributed by atoms with Gasteiger partial charge in [0.1, 0.15) is 5.58 Å². The third-order valence-electron chi connectivity index (χ3n) is 9.36. The summed E-state index contributed by atoms with van der Waals surface area (Å²) in [6.07, 6.45) is 1.28. The molecule has 0 unspecified atom stereocenters. The maximum atomic E-state index is 8.39. The summed E-state index contributed by atoms with van der Waals surface area (Å²) in [6.45, 7) is 1.91. The largest absolute Gasteiger partial charge is 0.501 e. The van der Waals surface area contributed by atoms with Gasteiger partial charge >= 0.3 is 0 Å². The zero-order chi connectivity index (χ0) is 51.6. The fourth-order valence-electron chi connectivity index (χ4n) is 6.55. The van der Waals surface area contributed by atoms with Crippen LogP contribution in [0.3, 0.4) is 0 Å². The first kappa shape index (κ1) is 26.7. The van der Waals surface area contributed by atoms with E-state index in [1.807, 2.05) is 77.9 Å². The summed E-state index contributed by atoms with van der Waals surface area (Å²) in [6, 6.07) is 37.1. The number of fused-ring (bicyclic) bond motifs is 3. The number of pyridine rings is 2. The summed E-state index contributed by atoms with van der Waals surface area (Å²) in [4.78, 5) is 8.89. The molecule has 57 heavy (non-hydrogen) atoms. The molecule has 8 rings (SSSR count). The van der Waals surface area contributed by atoms with Gasteiger partial charge in [-0.1, -0.05) is 143 Å². The first-order valence-corrected chi connectivity index (χ1v) is 18.4. The monoisotopic (exact) mass is 939 g/mol. The molecule has 0 atom stereocenters. The van der Waals surface area contributed by atoms with Gasteiger partial charge in [0.15, 0.2) is 0 Å². The topological polar surface area (TPSA) is 38.9 Å². The minimum atomic E-state index is -2.56. The van der Waals surface area contributed by atoms with Crippen molar-refractivity contribution in [3.8, 4) is 44.8 Å². The summed E-state index contributed by atoms with van der Waals surface area (Å²) in [5.74, 6) is 0. The van der Waals surface area contributed by atoms with Gasteiger partial charge in [0.25, 0.3) is 0 Å². The molecule has 0 amide bonds. The van der Waals surface area contributed by atoms with Crippen LogP contribution in [-0.4, -0.2) is 9.97 Å². The summed E-state index contributed by atoms with van der Waals surface area (Å²) in [5, 5.41) is 1.27. The van der Waals surface area contributed by atoms with Crippen molar-refractivity contribution in [2.24, 2.45) is 5.41 Å². The van der Waals surface area contributed by atoms with E-state index >= 15 is 0 Å². The van der Waals surface area contributed by atoms with Crippen LogP contribution < -0.4 is 0 Å². The number of rotatable bonds is 5. The normalized spacial score (nSPS) is 16.4. The molecule has 0 aliphatic rings. The summed E-state index contributed by atoms with van der Waals surface area (Å²) >= 11 is 0. The third-order valence-corrected chi connectivity index (χ3v) is 9.36. The van der Waals surface area contributed by atoms with Crippen molar-refractivity contribution in [1.29, 1.82) is 0 Å².